The topological polar surface area (TPSA) is 71.1 Å². The number of nitriles is 1. The Kier molecular flexibility index (Phi) is 3.46. The first-order valence-corrected chi connectivity index (χ1v) is 5.91. The summed E-state index contributed by atoms with van der Waals surface area (Å²) in [6, 6.07) is 2.20. The fourth-order valence-electron chi connectivity index (χ4n) is 2.14. The van der Waals surface area contributed by atoms with Crippen LogP contribution in [0, 0.1) is 16.7 Å². The fourth-order valence-corrected chi connectivity index (χ4v) is 2.14. The van der Waals surface area contributed by atoms with Gasteiger partial charge in [0.25, 0.3) is 0 Å². The van der Waals surface area contributed by atoms with Crippen LogP contribution in [0.1, 0.15) is 31.4 Å². The number of aryl methyl sites for hydroxylation is 1. The standard InChI is InChI=1S/C12H17N3O2/c1-2-4-15-7-10(6-14-15)11(16)12(8-13)3-5-17-9-12/h6-7,11,16H,2-5,9H2,1H3. The van der Waals surface area contributed by atoms with Gasteiger partial charge in [-0.25, -0.2) is 0 Å². The largest absolute Gasteiger partial charge is 0.387 e. The molecule has 2 heterocycles. The third-order valence-corrected chi connectivity index (χ3v) is 3.22. The third kappa shape index (κ3) is 2.19. The van der Waals surface area contributed by atoms with Crippen molar-refractivity contribution in [2.75, 3.05) is 13.2 Å². The number of aromatic nitrogens is 2. The van der Waals surface area contributed by atoms with Crippen LogP contribution in [0.15, 0.2) is 12.4 Å². The maximum atomic E-state index is 10.3. The highest BCUT2D eigenvalue weighted by atomic mass is 16.5. The zero-order valence-corrected chi connectivity index (χ0v) is 9.96. The first-order chi connectivity index (χ1) is 8.22. The Labute approximate surface area is 101 Å². The van der Waals surface area contributed by atoms with E-state index in [-0.39, 0.29) is 0 Å². The normalized spacial score (nSPS) is 25.7. The monoisotopic (exact) mass is 235 g/mol. The lowest BCUT2D eigenvalue weighted by Gasteiger charge is -2.24. The molecule has 92 valence electrons. The van der Waals surface area contributed by atoms with Gasteiger partial charge in [-0.05, 0) is 12.8 Å². The lowest BCUT2D eigenvalue weighted by atomic mass is 9.80. The lowest BCUT2D eigenvalue weighted by molar-refractivity contribution is 0.0503. The van der Waals surface area contributed by atoms with Crippen molar-refractivity contribution in [1.29, 1.82) is 5.26 Å². The number of nitrogens with zero attached hydrogens (tertiary/aromatic N) is 3. The molecule has 2 rings (SSSR count). The van der Waals surface area contributed by atoms with E-state index in [9.17, 15) is 10.4 Å². The lowest BCUT2D eigenvalue weighted by Crippen LogP contribution is -2.27. The molecule has 5 nitrogen and oxygen atoms in total. The molecule has 0 aliphatic carbocycles. The summed E-state index contributed by atoms with van der Waals surface area (Å²) in [6.45, 7) is 3.72. The molecule has 1 saturated heterocycles. The summed E-state index contributed by atoms with van der Waals surface area (Å²) in [5.41, 5.74) is -0.106. The molecular weight excluding hydrogens is 218 g/mol. The molecule has 1 fully saturated rings. The second-order valence-electron chi connectivity index (χ2n) is 4.51. The molecule has 0 saturated carbocycles. The third-order valence-electron chi connectivity index (χ3n) is 3.22. The van der Waals surface area contributed by atoms with E-state index in [4.69, 9.17) is 4.74 Å². The highest BCUT2D eigenvalue weighted by molar-refractivity contribution is 5.18. The minimum Gasteiger partial charge on any atom is -0.387 e. The van der Waals surface area contributed by atoms with Crippen molar-refractivity contribution < 1.29 is 9.84 Å². The van der Waals surface area contributed by atoms with Crippen molar-refractivity contribution in [2.24, 2.45) is 5.41 Å². The van der Waals surface area contributed by atoms with Crippen LogP contribution in [0.3, 0.4) is 0 Å². The van der Waals surface area contributed by atoms with Crippen molar-refractivity contribution in [2.45, 2.75) is 32.4 Å². The van der Waals surface area contributed by atoms with E-state index < -0.39 is 11.5 Å². The van der Waals surface area contributed by atoms with Crippen LogP contribution in [0.2, 0.25) is 0 Å². The van der Waals surface area contributed by atoms with Gasteiger partial charge >= 0.3 is 0 Å². The summed E-state index contributed by atoms with van der Waals surface area (Å²) in [7, 11) is 0. The van der Waals surface area contributed by atoms with Crippen LogP contribution >= 0.6 is 0 Å². The molecule has 0 amide bonds. The smallest absolute Gasteiger partial charge is 0.113 e. The highest BCUT2D eigenvalue weighted by Crippen LogP contribution is 2.40. The van der Waals surface area contributed by atoms with E-state index in [1.54, 1.807) is 10.9 Å². The van der Waals surface area contributed by atoms with Gasteiger partial charge in [-0.1, -0.05) is 6.92 Å². The number of aliphatic hydroxyl groups is 1. The van der Waals surface area contributed by atoms with Crippen LogP contribution in [0.25, 0.3) is 0 Å². The van der Waals surface area contributed by atoms with Gasteiger partial charge in [-0.3, -0.25) is 4.68 Å². The van der Waals surface area contributed by atoms with E-state index in [0.717, 1.165) is 13.0 Å². The molecular formula is C12H17N3O2. The first-order valence-electron chi connectivity index (χ1n) is 5.91. The summed E-state index contributed by atoms with van der Waals surface area (Å²) in [6.07, 6.45) is 4.19. The number of ether oxygens (including phenoxy) is 1. The maximum absolute atomic E-state index is 10.3. The zero-order chi connectivity index (χ0) is 12.3. The van der Waals surface area contributed by atoms with Gasteiger partial charge in [0, 0.05) is 24.9 Å². The second kappa shape index (κ2) is 4.86. The van der Waals surface area contributed by atoms with Gasteiger partial charge in [0.05, 0.1) is 18.9 Å². The molecule has 1 aromatic heterocycles. The van der Waals surface area contributed by atoms with Gasteiger partial charge in [-0.2, -0.15) is 10.4 Å². The maximum Gasteiger partial charge on any atom is 0.113 e. The molecule has 1 N–H and O–H groups in total. The molecule has 0 aromatic carbocycles. The molecule has 0 spiro atoms. The van der Waals surface area contributed by atoms with Gasteiger partial charge < -0.3 is 9.84 Å². The van der Waals surface area contributed by atoms with E-state index in [1.165, 1.54) is 0 Å². The number of hydrogen-bond donors (Lipinski definition) is 1. The molecule has 17 heavy (non-hydrogen) atoms. The van der Waals surface area contributed by atoms with E-state index in [0.29, 0.717) is 25.2 Å². The van der Waals surface area contributed by atoms with Crippen molar-refractivity contribution >= 4 is 0 Å². The van der Waals surface area contributed by atoms with Gasteiger partial charge in [0.1, 0.15) is 11.5 Å². The Balaban J connectivity index is 2.18. The van der Waals surface area contributed by atoms with Crippen LogP contribution < -0.4 is 0 Å². The van der Waals surface area contributed by atoms with Gasteiger partial charge in [-0.15, -0.1) is 0 Å². The molecule has 1 aromatic rings. The van der Waals surface area contributed by atoms with Gasteiger partial charge in [0.2, 0.25) is 0 Å². The van der Waals surface area contributed by atoms with E-state index in [1.807, 2.05) is 6.20 Å². The Morgan fingerprint density at radius 1 is 1.76 bits per heavy atom. The Morgan fingerprint density at radius 3 is 3.18 bits per heavy atom. The Hall–Kier alpha value is -1.38. The summed E-state index contributed by atoms with van der Waals surface area (Å²) in [4.78, 5) is 0. The first kappa shape index (κ1) is 12.1. The molecule has 0 radical (unpaired) electrons. The summed E-state index contributed by atoms with van der Waals surface area (Å²) in [5.74, 6) is 0. The van der Waals surface area contributed by atoms with Crippen molar-refractivity contribution in [1.82, 2.24) is 9.78 Å². The molecule has 1 aliphatic rings. The molecule has 0 bridgehead atoms. The predicted molar refractivity (Wildman–Crippen MR) is 61.0 cm³/mol. The molecule has 2 atom stereocenters. The van der Waals surface area contributed by atoms with Crippen LogP contribution in [-0.2, 0) is 11.3 Å². The summed E-state index contributed by atoms with van der Waals surface area (Å²) in [5, 5.41) is 23.7. The summed E-state index contributed by atoms with van der Waals surface area (Å²) < 4.78 is 7.03. The molecule has 2 unspecified atom stereocenters. The fraction of sp³-hybridized carbons (Fsp3) is 0.667. The zero-order valence-electron chi connectivity index (χ0n) is 9.96. The highest BCUT2D eigenvalue weighted by Gasteiger charge is 2.43. The molecule has 5 heteroatoms. The van der Waals surface area contributed by atoms with Crippen LogP contribution in [0.5, 0.6) is 0 Å². The number of hydrogen-bond acceptors (Lipinski definition) is 4. The predicted octanol–water partition coefficient (Wildman–Crippen LogP) is 1.26. The Morgan fingerprint density at radius 2 is 2.59 bits per heavy atom. The van der Waals surface area contributed by atoms with Crippen molar-refractivity contribution in [3.63, 3.8) is 0 Å². The van der Waals surface area contributed by atoms with E-state index >= 15 is 0 Å². The minimum atomic E-state index is -0.819. The van der Waals surface area contributed by atoms with Crippen LogP contribution in [-0.4, -0.2) is 28.1 Å². The molecule has 1 aliphatic heterocycles. The van der Waals surface area contributed by atoms with Crippen molar-refractivity contribution in [3.8, 4) is 6.07 Å². The van der Waals surface area contributed by atoms with Gasteiger partial charge in [0.15, 0.2) is 0 Å². The number of rotatable bonds is 4. The van der Waals surface area contributed by atoms with E-state index in [2.05, 4.69) is 18.1 Å². The minimum absolute atomic E-state index is 0.295. The average molecular weight is 235 g/mol. The van der Waals surface area contributed by atoms with Crippen molar-refractivity contribution in [3.05, 3.63) is 18.0 Å². The van der Waals surface area contributed by atoms with Crippen LogP contribution in [0.4, 0.5) is 0 Å². The SMILES string of the molecule is CCCn1cc(C(O)C2(C#N)CCOC2)cn1. The average Bonchev–Trinajstić information content (AvgIpc) is 2.98. The number of aliphatic hydroxyl groups excluding tert-OH is 1. The quantitative estimate of drug-likeness (QED) is 0.852. The Bertz CT molecular complexity index is 416. The summed E-state index contributed by atoms with van der Waals surface area (Å²) >= 11 is 0. The second-order valence-corrected chi connectivity index (χ2v) is 4.51.